The van der Waals surface area contributed by atoms with Gasteiger partial charge >= 0.3 is 0 Å². The molecule has 0 aliphatic rings. The van der Waals surface area contributed by atoms with Gasteiger partial charge in [-0.15, -0.1) is 0 Å². The van der Waals surface area contributed by atoms with Gasteiger partial charge in [-0.2, -0.15) is 0 Å². The predicted molar refractivity (Wildman–Crippen MR) is 72.5 cm³/mol. The van der Waals surface area contributed by atoms with Crippen LogP contribution < -0.4 is 0 Å². The van der Waals surface area contributed by atoms with Crippen LogP contribution in [0.25, 0.3) is 11.1 Å². The lowest BCUT2D eigenvalue weighted by atomic mass is 9.92. The third-order valence-electron chi connectivity index (χ3n) is 3.65. The number of phenols is 1. The highest BCUT2D eigenvalue weighted by Crippen LogP contribution is 2.32. The molecule has 0 aliphatic heterocycles. The van der Waals surface area contributed by atoms with E-state index in [-0.39, 0.29) is 0 Å². The minimum Gasteiger partial charge on any atom is -0.508 e. The lowest BCUT2D eigenvalue weighted by Gasteiger charge is -2.14. The summed E-state index contributed by atoms with van der Waals surface area (Å²) in [5, 5.41) is 9.70. The van der Waals surface area contributed by atoms with Crippen molar-refractivity contribution in [3.8, 4) is 16.9 Å². The third kappa shape index (κ3) is 1.93. The van der Waals surface area contributed by atoms with Crippen molar-refractivity contribution in [2.24, 2.45) is 0 Å². The van der Waals surface area contributed by atoms with Gasteiger partial charge in [0.25, 0.3) is 0 Å². The largest absolute Gasteiger partial charge is 0.508 e. The fourth-order valence-electron chi connectivity index (χ4n) is 2.14. The van der Waals surface area contributed by atoms with E-state index in [2.05, 4.69) is 39.0 Å². The highest BCUT2D eigenvalue weighted by atomic mass is 16.3. The second-order valence-electron chi connectivity index (χ2n) is 4.63. The van der Waals surface area contributed by atoms with Gasteiger partial charge in [0, 0.05) is 0 Å². The Kier molecular flexibility index (Phi) is 2.93. The monoisotopic (exact) mass is 226 g/mol. The maximum absolute atomic E-state index is 9.70. The molecule has 0 heterocycles. The Morgan fingerprint density at radius 2 is 1.35 bits per heavy atom. The summed E-state index contributed by atoms with van der Waals surface area (Å²) in [6, 6.07) is 10.1. The molecule has 0 saturated heterocycles. The number of rotatable bonds is 1. The Labute approximate surface area is 103 Å². The van der Waals surface area contributed by atoms with E-state index in [0.29, 0.717) is 5.75 Å². The topological polar surface area (TPSA) is 20.2 Å². The summed E-state index contributed by atoms with van der Waals surface area (Å²) in [5.41, 5.74) is 7.18. The van der Waals surface area contributed by atoms with Gasteiger partial charge in [0.1, 0.15) is 5.75 Å². The van der Waals surface area contributed by atoms with Crippen LogP contribution in [0.3, 0.4) is 0 Å². The molecule has 0 unspecified atom stereocenters. The molecule has 2 aromatic carbocycles. The standard InChI is InChI=1S/C16H18O/c1-10-6-5-7-14(11(10)2)15-8-9-16(17)13(4)12(15)3/h5-9,17H,1-4H3. The summed E-state index contributed by atoms with van der Waals surface area (Å²) < 4.78 is 0. The van der Waals surface area contributed by atoms with Crippen LogP contribution in [0.15, 0.2) is 30.3 Å². The number of benzene rings is 2. The van der Waals surface area contributed by atoms with E-state index in [1.807, 2.05) is 13.0 Å². The van der Waals surface area contributed by atoms with Crippen molar-refractivity contribution >= 4 is 0 Å². The number of aromatic hydroxyl groups is 1. The Bertz CT molecular complexity index is 568. The second kappa shape index (κ2) is 4.25. The number of hydrogen-bond donors (Lipinski definition) is 1. The second-order valence-corrected chi connectivity index (χ2v) is 4.63. The molecule has 0 aromatic heterocycles. The molecule has 1 N–H and O–H groups in total. The van der Waals surface area contributed by atoms with Crippen molar-refractivity contribution in [2.45, 2.75) is 27.7 Å². The average molecular weight is 226 g/mol. The lowest BCUT2D eigenvalue weighted by Crippen LogP contribution is -1.92. The van der Waals surface area contributed by atoms with Gasteiger partial charge in [0.2, 0.25) is 0 Å². The van der Waals surface area contributed by atoms with E-state index in [0.717, 1.165) is 11.1 Å². The van der Waals surface area contributed by atoms with Crippen molar-refractivity contribution < 1.29 is 5.11 Å². The average Bonchev–Trinajstić information content (AvgIpc) is 2.31. The Hall–Kier alpha value is -1.76. The third-order valence-corrected chi connectivity index (χ3v) is 3.65. The minimum absolute atomic E-state index is 0.372. The van der Waals surface area contributed by atoms with Crippen molar-refractivity contribution in [3.05, 3.63) is 52.6 Å². The molecule has 88 valence electrons. The number of phenolic OH excluding ortho intramolecular Hbond substituents is 1. The van der Waals surface area contributed by atoms with Gasteiger partial charge in [0.05, 0.1) is 0 Å². The first-order valence-corrected chi connectivity index (χ1v) is 5.88. The molecule has 0 aliphatic carbocycles. The summed E-state index contributed by atoms with van der Waals surface area (Å²) in [6.07, 6.45) is 0. The molecule has 2 rings (SSSR count). The summed E-state index contributed by atoms with van der Waals surface area (Å²) in [6.45, 7) is 8.29. The lowest BCUT2D eigenvalue weighted by molar-refractivity contribution is 0.470. The highest BCUT2D eigenvalue weighted by Gasteiger charge is 2.09. The van der Waals surface area contributed by atoms with E-state index in [1.54, 1.807) is 6.07 Å². The van der Waals surface area contributed by atoms with Crippen molar-refractivity contribution in [1.29, 1.82) is 0 Å². The first-order chi connectivity index (χ1) is 8.02. The molecule has 1 nitrogen and oxygen atoms in total. The first-order valence-electron chi connectivity index (χ1n) is 5.88. The summed E-state index contributed by atoms with van der Waals surface area (Å²) in [4.78, 5) is 0. The predicted octanol–water partition coefficient (Wildman–Crippen LogP) is 4.29. The zero-order valence-corrected chi connectivity index (χ0v) is 10.8. The van der Waals surface area contributed by atoms with Gasteiger partial charge in [-0.25, -0.2) is 0 Å². The van der Waals surface area contributed by atoms with E-state index < -0.39 is 0 Å². The molecular formula is C16H18O. The van der Waals surface area contributed by atoms with Crippen molar-refractivity contribution in [2.75, 3.05) is 0 Å². The SMILES string of the molecule is Cc1cccc(-c2ccc(O)c(C)c2C)c1C. The van der Waals surface area contributed by atoms with Crippen LogP contribution in [0.1, 0.15) is 22.3 Å². The summed E-state index contributed by atoms with van der Waals surface area (Å²) in [5.74, 6) is 0.372. The molecule has 0 radical (unpaired) electrons. The molecule has 1 heteroatoms. The van der Waals surface area contributed by atoms with Gasteiger partial charge < -0.3 is 5.11 Å². The molecule has 0 amide bonds. The molecule has 0 spiro atoms. The van der Waals surface area contributed by atoms with Gasteiger partial charge in [-0.1, -0.05) is 24.3 Å². The van der Waals surface area contributed by atoms with Crippen LogP contribution >= 0.6 is 0 Å². The van der Waals surface area contributed by atoms with Crippen molar-refractivity contribution in [1.82, 2.24) is 0 Å². The van der Waals surface area contributed by atoms with Gasteiger partial charge in [-0.05, 0) is 67.1 Å². The molecule has 0 atom stereocenters. The molecule has 0 saturated carbocycles. The molecule has 2 aromatic rings. The fraction of sp³-hybridized carbons (Fsp3) is 0.250. The minimum atomic E-state index is 0.372. The Balaban J connectivity index is 2.69. The van der Waals surface area contributed by atoms with E-state index in [9.17, 15) is 5.11 Å². The van der Waals surface area contributed by atoms with E-state index in [4.69, 9.17) is 0 Å². The van der Waals surface area contributed by atoms with Crippen LogP contribution in [0.2, 0.25) is 0 Å². The summed E-state index contributed by atoms with van der Waals surface area (Å²) >= 11 is 0. The van der Waals surface area contributed by atoms with Crippen LogP contribution in [0.4, 0.5) is 0 Å². The first kappa shape index (κ1) is 11.7. The molecule has 17 heavy (non-hydrogen) atoms. The fourth-order valence-corrected chi connectivity index (χ4v) is 2.14. The maximum atomic E-state index is 9.70. The normalized spacial score (nSPS) is 10.6. The highest BCUT2D eigenvalue weighted by molar-refractivity contribution is 5.73. The van der Waals surface area contributed by atoms with E-state index in [1.165, 1.54) is 22.3 Å². The van der Waals surface area contributed by atoms with E-state index >= 15 is 0 Å². The van der Waals surface area contributed by atoms with Crippen LogP contribution in [0.5, 0.6) is 5.75 Å². The number of hydrogen-bond acceptors (Lipinski definition) is 1. The number of aryl methyl sites for hydroxylation is 1. The van der Waals surface area contributed by atoms with Crippen LogP contribution in [-0.2, 0) is 0 Å². The smallest absolute Gasteiger partial charge is 0.118 e. The van der Waals surface area contributed by atoms with Crippen LogP contribution in [0, 0.1) is 27.7 Å². The molecule has 0 fully saturated rings. The zero-order chi connectivity index (χ0) is 12.6. The van der Waals surface area contributed by atoms with Crippen LogP contribution in [-0.4, -0.2) is 5.11 Å². The van der Waals surface area contributed by atoms with Gasteiger partial charge in [0.15, 0.2) is 0 Å². The van der Waals surface area contributed by atoms with Gasteiger partial charge in [-0.3, -0.25) is 0 Å². The zero-order valence-electron chi connectivity index (χ0n) is 10.8. The summed E-state index contributed by atoms with van der Waals surface area (Å²) in [7, 11) is 0. The Morgan fingerprint density at radius 1 is 0.706 bits per heavy atom. The maximum Gasteiger partial charge on any atom is 0.118 e. The van der Waals surface area contributed by atoms with Crippen molar-refractivity contribution in [3.63, 3.8) is 0 Å². The molecular weight excluding hydrogens is 208 g/mol. The quantitative estimate of drug-likeness (QED) is 0.769. The molecule has 0 bridgehead atoms. The Morgan fingerprint density at radius 3 is 2.06 bits per heavy atom.